The van der Waals surface area contributed by atoms with Crippen LogP contribution in [-0.2, 0) is 6.54 Å². The highest BCUT2D eigenvalue weighted by molar-refractivity contribution is 5.56. The van der Waals surface area contributed by atoms with Crippen molar-refractivity contribution in [3.63, 3.8) is 0 Å². The number of fused-ring (bicyclic) bond motifs is 2. The first-order valence-electron chi connectivity index (χ1n) is 6.78. The molecule has 2 unspecified atom stereocenters. The van der Waals surface area contributed by atoms with Gasteiger partial charge in [-0.2, -0.15) is 0 Å². The third-order valence-electron chi connectivity index (χ3n) is 4.36. The van der Waals surface area contributed by atoms with E-state index in [1.807, 2.05) is 7.05 Å². The highest BCUT2D eigenvalue weighted by atomic mass is 15.2. The molecule has 1 aliphatic carbocycles. The average Bonchev–Trinajstić information content (AvgIpc) is 2.91. The van der Waals surface area contributed by atoms with Crippen LogP contribution < -0.4 is 10.2 Å². The normalized spacial score (nSPS) is 26.8. The molecule has 2 bridgehead atoms. The zero-order valence-electron chi connectivity index (χ0n) is 10.9. The van der Waals surface area contributed by atoms with E-state index < -0.39 is 0 Å². The van der Waals surface area contributed by atoms with Gasteiger partial charge < -0.3 is 10.2 Å². The Hall–Kier alpha value is -1.02. The summed E-state index contributed by atoms with van der Waals surface area (Å²) in [7, 11) is 2.00. The van der Waals surface area contributed by atoms with Crippen molar-refractivity contribution >= 4 is 5.69 Å². The van der Waals surface area contributed by atoms with Crippen LogP contribution >= 0.6 is 0 Å². The Morgan fingerprint density at radius 3 is 2.82 bits per heavy atom. The van der Waals surface area contributed by atoms with Crippen molar-refractivity contribution in [3.8, 4) is 0 Å². The molecule has 92 valence electrons. The predicted octanol–water partition coefficient (Wildman–Crippen LogP) is 2.70. The Labute approximate surface area is 104 Å². The molecule has 0 spiro atoms. The first-order valence-corrected chi connectivity index (χ1v) is 6.78. The van der Waals surface area contributed by atoms with E-state index in [2.05, 4.69) is 35.3 Å². The SMILES string of the molecule is CNCc1ccc(N2CC3CCC2C3)c(C)c1. The second-order valence-electron chi connectivity index (χ2n) is 5.64. The van der Waals surface area contributed by atoms with Crippen molar-refractivity contribution in [2.75, 3.05) is 18.5 Å². The molecule has 1 aromatic rings. The average molecular weight is 230 g/mol. The predicted molar refractivity (Wildman–Crippen MR) is 72.4 cm³/mol. The zero-order chi connectivity index (χ0) is 11.8. The van der Waals surface area contributed by atoms with Gasteiger partial charge >= 0.3 is 0 Å². The van der Waals surface area contributed by atoms with E-state index in [1.54, 1.807) is 0 Å². The molecule has 1 aliphatic heterocycles. The minimum atomic E-state index is 0.828. The van der Waals surface area contributed by atoms with Crippen LogP contribution in [0.15, 0.2) is 18.2 Å². The van der Waals surface area contributed by atoms with E-state index in [0.717, 1.165) is 18.5 Å². The standard InChI is InChI=1S/C15H22N2/c1-11-7-12(9-16-2)4-6-15(11)17-10-13-3-5-14(17)8-13/h4,6-7,13-14,16H,3,5,8-10H2,1-2H3. The Morgan fingerprint density at radius 1 is 1.35 bits per heavy atom. The summed E-state index contributed by atoms with van der Waals surface area (Å²) in [5.74, 6) is 0.969. The Bertz CT molecular complexity index is 413. The molecule has 2 fully saturated rings. The van der Waals surface area contributed by atoms with Gasteiger partial charge in [0.2, 0.25) is 0 Å². The summed E-state index contributed by atoms with van der Waals surface area (Å²) >= 11 is 0. The van der Waals surface area contributed by atoms with Crippen molar-refractivity contribution in [3.05, 3.63) is 29.3 Å². The first-order chi connectivity index (χ1) is 8.28. The molecule has 0 amide bonds. The van der Waals surface area contributed by atoms with Gasteiger partial charge in [0.1, 0.15) is 0 Å². The summed E-state index contributed by atoms with van der Waals surface area (Å²) in [6.07, 6.45) is 4.29. The Kier molecular flexibility index (Phi) is 2.83. The van der Waals surface area contributed by atoms with E-state index in [0.29, 0.717) is 0 Å². The van der Waals surface area contributed by atoms with Crippen molar-refractivity contribution in [2.45, 2.75) is 38.8 Å². The van der Waals surface area contributed by atoms with Crippen molar-refractivity contribution in [1.82, 2.24) is 5.32 Å². The molecular formula is C15H22N2. The lowest BCUT2D eigenvalue weighted by Crippen LogP contribution is -2.32. The number of anilines is 1. The second-order valence-corrected chi connectivity index (χ2v) is 5.64. The molecule has 0 radical (unpaired) electrons. The summed E-state index contributed by atoms with van der Waals surface area (Å²) < 4.78 is 0. The Balaban J connectivity index is 1.83. The third-order valence-corrected chi connectivity index (χ3v) is 4.36. The maximum Gasteiger partial charge on any atom is 0.0398 e. The molecule has 1 saturated heterocycles. The molecule has 2 atom stereocenters. The van der Waals surface area contributed by atoms with Crippen LogP contribution in [0.3, 0.4) is 0 Å². The summed E-state index contributed by atoms with van der Waals surface area (Å²) in [4.78, 5) is 2.65. The summed E-state index contributed by atoms with van der Waals surface area (Å²) in [5, 5.41) is 3.21. The highest BCUT2D eigenvalue weighted by Crippen LogP contribution is 2.41. The number of hydrogen-bond donors (Lipinski definition) is 1. The lowest BCUT2D eigenvalue weighted by molar-refractivity contribution is 0.553. The van der Waals surface area contributed by atoms with E-state index >= 15 is 0 Å². The maximum absolute atomic E-state index is 3.21. The second kappa shape index (κ2) is 4.34. The van der Waals surface area contributed by atoms with Crippen molar-refractivity contribution in [2.24, 2.45) is 5.92 Å². The third kappa shape index (κ3) is 1.95. The number of nitrogens with zero attached hydrogens (tertiary/aromatic N) is 1. The van der Waals surface area contributed by atoms with Crippen molar-refractivity contribution < 1.29 is 0 Å². The summed E-state index contributed by atoms with van der Waals surface area (Å²) in [6.45, 7) is 4.50. The number of hydrogen-bond acceptors (Lipinski definition) is 2. The largest absolute Gasteiger partial charge is 0.368 e. The number of rotatable bonds is 3. The van der Waals surface area contributed by atoms with Crippen LogP contribution in [0.25, 0.3) is 0 Å². The minimum Gasteiger partial charge on any atom is -0.368 e. The van der Waals surface area contributed by atoms with Gasteiger partial charge in [-0.3, -0.25) is 0 Å². The monoisotopic (exact) mass is 230 g/mol. The van der Waals surface area contributed by atoms with Crippen LogP contribution in [0, 0.1) is 12.8 Å². The molecule has 1 N–H and O–H groups in total. The van der Waals surface area contributed by atoms with Crippen LogP contribution in [0.4, 0.5) is 5.69 Å². The van der Waals surface area contributed by atoms with E-state index in [4.69, 9.17) is 0 Å². The van der Waals surface area contributed by atoms with E-state index in [9.17, 15) is 0 Å². The maximum atomic E-state index is 3.21. The summed E-state index contributed by atoms with van der Waals surface area (Å²) in [6, 6.07) is 7.75. The molecule has 0 aromatic heterocycles. The molecule has 2 aliphatic rings. The molecule has 17 heavy (non-hydrogen) atoms. The van der Waals surface area contributed by atoms with Crippen LogP contribution in [0.2, 0.25) is 0 Å². The fourth-order valence-electron chi connectivity index (χ4n) is 3.57. The number of benzene rings is 1. The molecule has 1 aromatic carbocycles. The van der Waals surface area contributed by atoms with Gasteiger partial charge in [0.05, 0.1) is 0 Å². The molecule has 2 heteroatoms. The Morgan fingerprint density at radius 2 is 2.24 bits per heavy atom. The number of piperidine rings is 1. The number of aryl methyl sites for hydroxylation is 1. The fraction of sp³-hybridized carbons (Fsp3) is 0.600. The van der Waals surface area contributed by atoms with Gasteiger partial charge in [0.25, 0.3) is 0 Å². The lowest BCUT2D eigenvalue weighted by atomic mass is 10.1. The quantitative estimate of drug-likeness (QED) is 0.859. The minimum absolute atomic E-state index is 0.828. The van der Waals surface area contributed by atoms with Gasteiger partial charge in [0, 0.05) is 24.8 Å². The van der Waals surface area contributed by atoms with Gasteiger partial charge in [-0.05, 0) is 56.3 Å². The smallest absolute Gasteiger partial charge is 0.0398 e. The molecule has 2 nitrogen and oxygen atoms in total. The van der Waals surface area contributed by atoms with Crippen molar-refractivity contribution in [1.29, 1.82) is 0 Å². The number of nitrogens with one attached hydrogen (secondary N) is 1. The van der Waals surface area contributed by atoms with Gasteiger partial charge in [-0.25, -0.2) is 0 Å². The van der Waals surface area contributed by atoms with Crippen LogP contribution in [-0.4, -0.2) is 19.6 Å². The van der Waals surface area contributed by atoms with Crippen LogP contribution in [0.1, 0.15) is 30.4 Å². The van der Waals surface area contributed by atoms with E-state index in [-0.39, 0.29) is 0 Å². The highest BCUT2D eigenvalue weighted by Gasteiger charge is 2.38. The first kappa shape index (κ1) is 11.1. The van der Waals surface area contributed by atoms with Gasteiger partial charge in [-0.15, -0.1) is 0 Å². The summed E-state index contributed by atoms with van der Waals surface area (Å²) in [5.41, 5.74) is 4.29. The molecule has 3 rings (SSSR count). The zero-order valence-corrected chi connectivity index (χ0v) is 10.9. The lowest BCUT2D eigenvalue weighted by Gasteiger charge is -2.30. The molecule has 1 heterocycles. The molecule has 1 saturated carbocycles. The van der Waals surface area contributed by atoms with Gasteiger partial charge in [0.15, 0.2) is 0 Å². The molecular weight excluding hydrogens is 208 g/mol. The topological polar surface area (TPSA) is 15.3 Å². The fourth-order valence-corrected chi connectivity index (χ4v) is 3.57. The van der Waals surface area contributed by atoms with Gasteiger partial charge in [-0.1, -0.05) is 12.1 Å². The van der Waals surface area contributed by atoms with E-state index in [1.165, 1.54) is 42.6 Å². The van der Waals surface area contributed by atoms with Crippen LogP contribution in [0.5, 0.6) is 0 Å².